The van der Waals surface area contributed by atoms with Crippen LogP contribution in [0.15, 0.2) is 42.6 Å². The SMILES string of the molecule is CCN(Cc1cccnc1N)c1ccccc1C. The van der Waals surface area contributed by atoms with E-state index in [2.05, 4.69) is 48.0 Å². The molecule has 0 atom stereocenters. The number of hydrogen-bond acceptors (Lipinski definition) is 3. The van der Waals surface area contributed by atoms with Crippen molar-refractivity contribution < 1.29 is 0 Å². The largest absolute Gasteiger partial charge is 0.383 e. The first-order valence-electron chi connectivity index (χ1n) is 6.22. The standard InChI is InChI=1S/C15H19N3/c1-3-18(14-9-5-4-7-12(14)2)11-13-8-6-10-17-15(13)16/h4-10H,3,11H2,1-2H3,(H2,16,17). The Balaban J connectivity index is 2.26. The summed E-state index contributed by atoms with van der Waals surface area (Å²) < 4.78 is 0. The van der Waals surface area contributed by atoms with Crippen molar-refractivity contribution in [3.63, 3.8) is 0 Å². The molecule has 3 nitrogen and oxygen atoms in total. The number of nitrogen functional groups attached to an aromatic ring is 1. The summed E-state index contributed by atoms with van der Waals surface area (Å²) in [5.74, 6) is 0.615. The van der Waals surface area contributed by atoms with Gasteiger partial charge in [0.2, 0.25) is 0 Å². The van der Waals surface area contributed by atoms with Gasteiger partial charge in [-0.25, -0.2) is 4.98 Å². The number of hydrogen-bond donors (Lipinski definition) is 1. The van der Waals surface area contributed by atoms with Gasteiger partial charge in [-0.05, 0) is 31.5 Å². The molecule has 0 unspecified atom stereocenters. The van der Waals surface area contributed by atoms with Crippen LogP contribution in [0.25, 0.3) is 0 Å². The fraction of sp³-hybridized carbons (Fsp3) is 0.267. The van der Waals surface area contributed by atoms with E-state index >= 15 is 0 Å². The summed E-state index contributed by atoms with van der Waals surface area (Å²) in [4.78, 5) is 6.44. The van der Waals surface area contributed by atoms with Crippen LogP contribution in [0.3, 0.4) is 0 Å². The maximum atomic E-state index is 5.90. The van der Waals surface area contributed by atoms with Gasteiger partial charge in [0.25, 0.3) is 0 Å². The summed E-state index contributed by atoms with van der Waals surface area (Å²) in [6, 6.07) is 12.4. The summed E-state index contributed by atoms with van der Waals surface area (Å²) in [6.45, 7) is 6.02. The molecule has 0 saturated heterocycles. The molecule has 1 heterocycles. The van der Waals surface area contributed by atoms with Gasteiger partial charge in [0, 0.05) is 30.5 Å². The average molecular weight is 241 g/mol. The first-order chi connectivity index (χ1) is 8.72. The molecule has 18 heavy (non-hydrogen) atoms. The molecule has 3 heteroatoms. The van der Waals surface area contributed by atoms with Gasteiger partial charge >= 0.3 is 0 Å². The zero-order valence-electron chi connectivity index (χ0n) is 10.9. The number of rotatable bonds is 4. The second kappa shape index (κ2) is 5.54. The van der Waals surface area contributed by atoms with Crippen molar-refractivity contribution in [2.45, 2.75) is 20.4 Å². The Morgan fingerprint density at radius 1 is 1.17 bits per heavy atom. The van der Waals surface area contributed by atoms with E-state index in [1.807, 2.05) is 12.1 Å². The van der Waals surface area contributed by atoms with Gasteiger partial charge in [0.1, 0.15) is 5.82 Å². The van der Waals surface area contributed by atoms with Crippen LogP contribution in [0.2, 0.25) is 0 Å². The normalized spacial score (nSPS) is 10.3. The molecule has 0 radical (unpaired) electrons. The van der Waals surface area contributed by atoms with Crippen molar-refractivity contribution in [1.29, 1.82) is 0 Å². The predicted molar refractivity (Wildman–Crippen MR) is 76.6 cm³/mol. The third-order valence-corrected chi connectivity index (χ3v) is 3.13. The summed E-state index contributed by atoms with van der Waals surface area (Å²) >= 11 is 0. The molecule has 94 valence electrons. The first kappa shape index (κ1) is 12.4. The van der Waals surface area contributed by atoms with E-state index in [1.165, 1.54) is 11.3 Å². The molecule has 0 spiro atoms. The quantitative estimate of drug-likeness (QED) is 0.894. The molecule has 0 aliphatic heterocycles. The van der Waals surface area contributed by atoms with E-state index in [1.54, 1.807) is 6.20 Å². The molecule has 2 N–H and O–H groups in total. The van der Waals surface area contributed by atoms with Crippen LogP contribution in [0.5, 0.6) is 0 Å². The van der Waals surface area contributed by atoms with Crippen LogP contribution in [0, 0.1) is 6.92 Å². The van der Waals surface area contributed by atoms with E-state index in [4.69, 9.17) is 5.73 Å². The van der Waals surface area contributed by atoms with Crippen LogP contribution in [0.1, 0.15) is 18.1 Å². The highest BCUT2D eigenvalue weighted by molar-refractivity contribution is 5.54. The van der Waals surface area contributed by atoms with Crippen LogP contribution in [-0.4, -0.2) is 11.5 Å². The highest BCUT2D eigenvalue weighted by atomic mass is 15.1. The summed E-state index contributed by atoms with van der Waals surface area (Å²) in [7, 11) is 0. The number of nitrogens with two attached hydrogens (primary N) is 1. The Hall–Kier alpha value is -2.03. The van der Waals surface area contributed by atoms with E-state index < -0.39 is 0 Å². The molecule has 0 aliphatic rings. The Bertz CT molecular complexity index is 523. The lowest BCUT2D eigenvalue weighted by molar-refractivity contribution is 0.826. The molecule has 0 fully saturated rings. The van der Waals surface area contributed by atoms with Crippen molar-refractivity contribution in [2.75, 3.05) is 17.2 Å². The topological polar surface area (TPSA) is 42.2 Å². The van der Waals surface area contributed by atoms with E-state index in [0.717, 1.165) is 18.7 Å². The molecular formula is C15H19N3. The van der Waals surface area contributed by atoms with Gasteiger partial charge in [-0.15, -0.1) is 0 Å². The maximum Gasteiger partial charge on any atom is 0.128 e. The van der Waals surface area contributed by atoms with E-state index in [-0.39, 0.29) is 0 Å². The minimum Gasteiger partial charge on any atom is -0.383 e. The van der Waals surface area contributed by atoms with E-state index in [0.29, 0.717) is 5.82 Å². The zero-order valence-corrected chi connectivity index (χ0v) is 10.9. The van der Waals surface area contributed by atoms with E-state index in [9.17, 15) is 0 Å². The fourth-order valence-corrected chi connectivity index (χ4v) is 2.08. The van der Waals surface area contributed by atoms with Gasteiger partial charge in [0.05, 0.1) is 0 Å². The van der Waals surface area contributed by atoms with Gasteiger partial charge in [-0.3, -0.25) is 0 Å². The van der Waals surface area contributed by atoms with Crippen molar-refractivity contribution in [3.8, 4) is 0 Å². The van der Waals surface area contributed by atoms with Gasteiger partial charge in [-0.2, -0.15) is 0 Å². The Labute approximate surface area is 108 Å². The van der Waals surface area contributed by atoms with Crippen LogP contribution >= 0.6 is 0 Å². The van der Waals surface area contributed by atoms with Crippen LogP contribution in [0.4, 0.5) is 11.5 Å². The number of pyridine rings is 1. The Morgan fingerprint density at radius 2 is 1.94 bits per heavy atom. The highest BCUT2D eigenvalue weighted by Crippen LogP contribution is 2.22. The van der Waals surface area contributed by atoms with Crippen molar-refractivity contribution in [1.82, 2.24) is 4.98 Å². The molecule has 0 amide bonds. The monoisotopic (exact) mass is 241 g/mol. The van der Waals surface area contributed by atoms with Crippen molar-refractivity contribution >= 4 is 11.5 Å². The number of nitrogens with zero attached hydrogens (tertiary/aromatic N) is 2. The molecule has 1 aromatic carbocycles. The molecule has 2 rings (SSSR count). The lowest BCUT2D eigenvalue weighted by Gasteiger charge is -2.25. The predicted octanol–water partition coefficient (Wildman–Crippen LogP) is 3.00. The highest BCUT2D eigenvalue weighted by Gasteiger charge is 2.09. The summed E-state index contributed by atoms with van der Waals surface area (Å²) in [5.41, 5.74) is 9.51. The molecule has 2 aromatic rings. The summed E-state index contributed by atoms with van der Waals surface area (Å²) in [6.07, 6.45) is 1.73. The van der Waals surface area contributed by atoms with Crippen molar-refractivity contribution in [3.05, 3.63) is 53.7 Å². The van der Waals surface area contributed by atoms with Gasteiger partial charge in [0.15, 0.2) is 0 Å². The van der Waals surface area contributed by atoms with Gasteiger partial charge < -0.3 is 10.6 Å². The average Bonchev–Trinajstić information content (AvgIpc) is 2.39. The molecule has 1 aromatic heterocycles. The Morgan fingerprint density at radius 3 is 2.61 bits per heavy atom. The molecular weight excluding hydrogens is 222 g/mol. The minimum atomic E-state index is 0.615. The van der Waals surface area contributed by atoms with Crippen LogP contribution < -0.4 is 10.6 Å². The fourth-order valence-electron chi connectivity index (χ4n) is 2.08. The smallest absolute Gasteiger partial charge is 0.128 e. The zero-order chi connectivity index (χ0) is 13.0. The number of benzene rings is 1. The summed E-state index contributed by atoms with van der Waals surface area (Å²) in [5, 5.41) is 0. The lowest BCUT2D eigenvalue weighted by Crippen LogP contribution is -2.23. The molecule has 0 saturated carbocycles. The minimum absolute atomic E-state index is 0.615. The number of para-hydroxylation sites is 1. The second-order valence-corrected chi connectivity index (χ2v) is 4.35. The van der Waals surface area contributed by atoms with Gasteiger partial charge in [-0.1, -0.05) is 24.3 Å². The lowest BCUT2D eigenvalue weighted by atomic mass is 10.1. The number of anilines is 2. The maximum absolute atomic E-state index is 5.90. The number of aromatic nitrogens is 1. The molecule has 0 aliphatic carbocycles. The Kier molecular flexibility index (Phi) is 3.82. The van der Waals surface area contributed by atoms with Crippen LogP contribution in [-0.2, 0) is 6.54 Å². The second-order valence-electron chi connectivity index (χ2n) is 4.35. The third kappa shape index (κ3) is 2.62. The van der Waals surface area contributed by atoms with Crippen molar-refractivity contribution in [2.24, 2.45) is 0 Å². The number of aryl methyl sites for hydroxylation is 1. The third-order valence-electron chi connectivity index (χ3n) is 3.13. The first-order valence-corrected chi connectivity index (χ1v) is 6.22. The molecule has 0 bridgehead atoms.